The van der Waals surface area contributed by atoms with Gasteiger partial charge in [-0.3, -0.25) is 0 Å². The molecule has 3 rings (SSSR count). The number of rotatable bonds is 4. The van der Waals surface area contributed by atoms with Crippen LogP contribution >= 0.6 is 0 Å². The molecule has 2 fully saturated rings. The topological polar surface area (TPSA) is 57.6 Å². The van der Waals surface area contributed by atoms with Crippen molar-refractivity contribution in [1.29, 1.82) is 0 Å². The van der Waals surface area contributed by atoms with Crippen LogP contribution < -0.4 is 14.5 Å². The second kappa shape index (κ2) is 7.77. The summed E-state index contributed by atoms with van der Waals surface area (Å²) in [6.07, 6.45) is 5.01. The van der Waals surface area contributed by atoms with Crippen molar-refractivity contribution in [3.05, 3.63) is 0 Å². The third kappa shape index (κ3) is 4.02. The minimum atomic E-state index is 0.423. The van der Waals surface area contributed by atoms with Crippen LogP contribution in [0.25, 0.3) is 0 Å². The molecule has 1 aromatic heterocycles. The van der Waals surface area contributed by atoms with E-state index in [2.05, 4.69) is 31.6 Å². The van der Waals surface area contributed by atoms with E-state index in [9.17, 15) is 0 Å². The SMILES string of the molecule is CCN1CCN(c2nc(OC)nc(N3CCCCCC3)n2)CC1. The highest BCUT2D eigenvalue weighted by Crippen LogP contribution is 2.21. The molecule has 0 unspecified atom stereocenters. The van der Waals surface area contributed by atoms with Crippen LogP contribution in [0.15, 0.2) is 0 Å². The summed E-state index contributed by atoms with van der Waals surface area (Å²) in [5.41, 5.74) is 0. The lowest BCUT2D eigenvalue weighted by atomic mass is 10.2. The fourth-order valence-electron chi connectivity index (χ4n) is 3.24. The Kier molecular flexibility index (Phi) is 5.48. The molecule has 0 bridgehead atoms. The average Bonchev–Trinajstić information content (AvgIpc) is 2.91. The van der Waals surface area contributed by atoms with Crippen molar-refractivity contribution in [2.45, 2.75) is 32.6 Å². The largest absolute Gasteiger partial charge is 0.467 e. The lowest BCUT2D eigenvalue weighted by molar-refractivity contribution is 0.269. The van der Waals surface area contributed by atoms with Crippen molar-refractivity contribution in [3.8, 4) is 6.01 Å². The van der Waals surface area contributed by atoms with Crippen molar-refractivity contribution in [2.24, 2.45) is 0 Å². The summed E-state index contributed by atoms with van der Waals surface area (Å²) in [6.45, 7) is 9.40. The Balaban J connectivity index is 1.78. The smallest absolute Gasteiger partial charge is 0.322 e. The molecule has 2 aliphatic rings. The van der Waals surface area contributed by atoms with Crippen LogP contribution in [0.3, 0.4) is 0 Å². The molecule has 0 aliphatic carbocycles. The van der Waals surface area contributed by atoms with Crippen molar-refractivity contribution >= 4 is 11.9 Å². The maximum Gasteiger partial charge on any atom is 0.322 e. The molecule has 3 heterocycles. The Bertz CT molecular complexity index is 495. The van der Waals surface area contributed by atoms with Crippen LogP contribution in [0.2, 0.25) is 0 Å². The number of anilines is 2. The van der Waals surface area contributed by atoms with Crippen molar-refractivity contribution in [1.82, 2.24) is 19.9 Å². The highest BCUT2D eigenvalue weighted by molar-refractivity contribution is 5.41. The van der Waals surface area contributed by atoms with Crippen LogP contribution in [0.1, 0.15) is 32.6 Å². The van der Waals surface area contributed by atoms with E-state index in [0.717, 1.165) is 57.7 Å². The van der Waals surface area contributed by atoms with Crippen LogP contribution in [0.5, 0.6) is 6.01 Å². The predicted molar refractivity (Wildman–Crippen MR) is 91.4 cm³/mol. The number of methoxy groups -OCH3 is 1. The monoisotopic (exact) mass is 320 g/mol. The lowest BCUT2D eigenvalue weighted by Gasteiger charge is -2.34. The van der Waals surface area contributed by atoms with E-state index in [0.29, 0.717) is 6.01 Å². The molecular formula is C16H28N6O. The summed E-state index contributed by atoms with van der Waals surface area (Å²) >= 11 is 0. The van der Waals surface area contributed by atoms with Gasteiger partial charge in [-0.25, -0.2) is 0 Å². The number of nitrogens with zero attached hydrogens (tertiary/aromatic N) is 6. The van der Waals surface area contributed by atoms with Gasteiger partial charge in [0.25, 0.3) is 0 Å². The number of hydrogen-bond donors (Lipinski definition) is 0. The van der Waals surface area contributed by atoms with E-state index in [1.54, 1.807) is 7.11 Å². The summed E-state index contributed by atoms with van der Waals surface area (Å²) in [4.78, 5) is 20.7. The molecule has 23 heavy (non-hydrogen) atoms. The standard InChI is InChI=1S/C16H28N6O/c1-3-20-10-12-22(13-11-20)15-17-14(18-16(19-15)23-2)21-8-6-4-5-7-9-21/h3-13H2,1-2H3. The van der Waals surface area contributed by atoms with E-state index < -0.39 is 0 Å². The van der Waals surface area contributed by atoms with Crippen molar-refractivity contribution in [2.75, 3.05) is 62.7 Å². The van der Waals surface area contributed by atoms with Gasteiger partial charge in [0.2, 0.25) is 11.9 Å². The first-order chi connectivity index (χ1) is 11.3. The molecule has 0 amide bonds. The summed E-state index contributed by atoms with van der Waals surface area (Å²) in [5, 5.41) is 0. The molecule has 0 N–H and O–H groups in total. The molecular weight excluding hydrogens is 292 g/mol. The summed E-state index contributed by atoms with van der Waals surface area (Å²) in [5.74, 6) is 1.53. The fourth-order valence-corrected chi connectivity index (χ4v) is 3.24. The van der Waals surface area contributed by atoms with Crippen LogP contribution in [0, 0.1) is 0 Å². The molecule has 0 saturated carbocycles. The van der Waals surface area contributed by atoms with E-state index in [1.807, 2.05) is 0 Å². The Morgan fingerprint density at radius 3 is 1.87 bits per heavy atom. The summed E-state index contributed by atoms with van der Waals surface area (Å²) in [7, 11) is 1.63. The molecule has 1 aromatic rings. The van der Waals surface area contributed by atoms with Gasteiger partial charge in [-0.1, -0.05) is 19.8 Å². The summed E-state index contributed by atoms with van der Waals surface area (Å²) in [6, 6.07) is 0.423. The van der Waals surface area contributed by atoms with E-state index >= 15 is 0 Å². The van der Waals surface area contributed by atoms with Crippen LogP contribution in [0.4, 0.5) is 11.9 Å². The Morgan fingerprint density at radius 2 is 1.35 bits per heavy atom. The van der Waals surface area contributed by atoms with Crippen molar-refractivity contribution < 1.29 is 4.74 Å². The zero-order valence-corrected chi connectivity index (χ0v) is 14.4. The fraction of sp³-hybridized carbons (Fsp3) is 0.812. The molecule has 2 aliphatic heterocycles. The maximum atomic E-state index is 5.32. The first-order valence-corrected chi connectivity index (χ1v) is 8.82. The van der Waals surface area contributed by atoms with Gasteiger partial charge in [-0.05, 0) is 19.4 Å². The molecule has 0 spiro atoms. The maximum absolute atomic E-state index is 5.32. The first kappa shape index (κ1) is 16.2. The number of piperazine rings is 1. The molecule has 7 heteroatoms. The molecule has 128 valence electrons. The lowest BCUT2D eigenvalue weighted by Crippen LogP contribution is -2.47. The van der Waals surface area contributed by atoms with E-state index in [-0.39, 0.29) is 0 Å². The number of hydrogen-bond acceptors (Lipinski definition) is 7. The zero-order chi connectivity index (χ0) is 16.1. The predicted octanol–water partition coefficient (Wildman–Crippen LogP) is 1.40. The minimum Gasteiger partial charge on any atom is -0.467 e. The number of likely N-dealkylation sites (N-methyl/N-ethyl adjacent to an activating group) is 1. The quantitative estimate of drug-likeness (QED) is 0.831. The molecule has 0 atom stereocenters. The average molecular weight is 320 g/mol. The highest BCUT2D eigenvalue weighted by atomic mass is 16.5. The van der Waals surface area contributed by atoms with Gasteiger partial charge in [0.05, 0.1) is 7.11 Å². The molecule has 7 nitrogen and oxygen atoms in total. The number of aromatic nitrogens is 3. The Morgan fingerprint density at radius 1 is 0.783 bits per heavy atom. The van der Waals surface area contributed by atoms with Gasteiger partial charge in [-0.15, -0.1) is 0 Å². The number of ether oxygens (including phenoxy) is 1. The second-order valence-corrected chi connectivity index (χ2v) is 6.24. The summed E-state index contributed by atoms with van der Waals surface area (Å²) < 4.78 is 5.32. The van der Waals surface area contributed by atoms with Gasteiger partial charge in [0.1, 0.15) is 0 Å². The zero-order valence-electron chi connectivity index (χ0n) is 14.4. The van der Waals surface area contributed by atoms with E-state index in [1.165, 1.54) is 25.7 Å². The molecule has 0 aromatic carbocycles. The van der Waals surface area contributed by atoms with Crippen LogP contribution in [-0.4, -0.2) is 72.8 Å². The Labute approximate surface area is 138 Å². The third-order valence-electron chi connectivity index (χ3n) is 4.77. The molecule has 0 radical (unpaired) electrons. The first-order valence-electron chi connectivity index (χ1n) is 8.82. The van der Waals surface area contributed by atoms with Gasteiger partial charge in [0, 0.05) is 39.3 Å². The van der Waals surface area contributed by atoms with Gasteiger partial charge < -0.3 is 19.4 Å². The highest BCUT2D eigenvalue weighted by Gasteiger charge is 2.21. The van der Waals surface area contributed by atoms with Gasteiger partial charge >= 0.3 is 6.01 Å². The Hall–Kier alpha value is -1.63. The van der Waals surface area contributed by atoms with Gasteiger partial charge in [0.15, 0.2) is 0 Å². The van der Waals surface area contributed by atoms with E-state index in [4.69, 9.17) is 9.72 Å². The van der Waals surface area contributed by atoms with Crippen LogP contribution in [-0.2, 0) is 0 Å². The molecule has 2 saturated heterocycles. The third-order valence-corrected chi connectivity index (χ3v) is 4.77. The minimum absolute atomic E-state index is 0.423. The normalized spacial score (nSPS) is 20.4. The second-order valence-electron chi connectivity index (χ2n) is 6.24. The van der Waals surface area contributed by atoms with Crippen molar-refractivity contribution in [3.63, 3.8) is 0 Å². The van der Waals surface area contributed by atoms with Gasteiger partial charge in [-0.2, -0.15) is 15.0 Å².